The minimum absolute atomic E-state index is 0.0330. The molecule has 4 N–H and O–H groups in total. The number of hydrogen-bond donors (Lipinski definition) is 3. The maximum absolute atomic E-state index is 13.4. The number of benzene rings is 2. The molecule has 0 amide bonds. The van der Waals surface area contributed by atoms with E-state index in [1.54, 1.807) is 0 Å². The first kappa shape index (κ1) is 20.9. The molecular weight excluding hydrogens is 415 g/mol. The molecular formula is C18H19ClF3N3O2S. The number of alkyl halides is 3. The summed E-state index contributed by atoms with van der Waals surface area (Å²) in [5.41, 5.74) is 4.32. The van der Waals surface area contributed by atoms with Crippen LogP contribution in [0.4, 0.5) is 18.9 Å². The molecule has 1 aliphatic heterocycles. The summed E-state index contributed by atoms with van der Waals surface area (Å²) in [6, 6.07) is 7.23. The van der Waals surface area contributed by atoms with Crippen LogP contribution in [0.5, 0.6) is 0 Å². The minimum Gasteiger partial charge on any atom is -0.399 e. The molecule has 1 atom stereocenters. The fraction of sp³-hybridized carbons (Fsp3) is 0.333. The lowest BCUT2D eigenvalue weighted by Gasteiger charge is -2.16. The molecule has 2 aromatic carbocycles. The zero-order chi connectivity index (χ0) is 20.5. The maximum atomic E-state index is 13.4. The van der Waals surface area contributed by atoms with Crippen molar-refractivity contribution >= 4 is 27.3 Å². The monoisotopic (exact) mass is 433 g/mol. The standard InChI is InChI=1S/C18H19ClF3N3O2S/c19-16-9-12(23)8-15(18(20,21)22)17(16)11-3-5-14(6-4-11)28(26,27)25-10-13-2-1-7-24-13/h3-6,8-9,13,24-25H,1-2,7,10,23H2. The Morgan fingerprint density at radius 3 is 2.46 bits per heavy atom. The van der Waals surface area contributed by atoms with Crippen LogP contribution in [-0.4, -0.2) is 27.5 Å². The highest BCUT2D eigenvalue weighted by Crippen LogP contribution is 2.42. The molecule has 2 aromatic rings. The predicted octanol–water partition coefficient (Wildman–Crippen LogP) is 3.64. The molecule has 0 spiro atoms. The van der Waals surface area contributed by atoms with Crippen LogP contribution < -0.4 is 15.8 Å². The van der Waals surface area contributed by atoms with Gasteiger partial charge in [-0.2, -0.15) is 13.2 Å². The van der Waals surface area contributed by atoms with Gasteiger partial charge in [0.1, 0.15) is 0 Å². The third kappa shape index (κ3) is 4.60. The Labute approximate surface area is 166 Å². The van der Waals surface area contributed by atoms with Gasteiger partial charge in [-0.1, -0.05) is 23.7 Å². The maximum Gasteiger partial charge on any atom is 0.417 e. The van der Waals surface area contributed by atoms with Gasteiger partial charge in [-0.15, -0.1) is 0 Å². The molecule has 152 valence electrons. The summed E-state index contributed by atoms with van der Waals surface area (Å²) in [7, 11) is -3.77. The van der Waals surface area contributed by atoms with Crippen LogP contribution in [0.15, 0.2) is 41.3 Å². The molecule has 1 fully saturated rings. The highest BCUT2D eigenvalue weighted by Gasteiger charge is 2.35. The van der Waals surface area contributed by atoms with Crippen LogP contribution in [0.25, 0.3) is 11.1 Å². The Hall–Kier alpha value is -1.81. The average Bonchev–Trinajstić information content (AvgIpc) is 3.12. The number of hydrogen-bond acceptors (Lipinski definition) is 4. The van der Waals surface area contributed by atoms with Gasteiger partial charge in [0.05, 0.1) is 15.5 Å². The fourth-order valence-electron chi connectivity index (χ4n) is 3.17. The zero-order valence-electron chi connectivity index (χ0n) is 14.7. The molecule has 3 rings (SSSR count). The van der Waals surface area contributed by atoms with Gasteiger partial charge < -0.3 is 11.1 Å². The van der Waals surface area contributed by atoms with E-state index in [-0.39, 0.29) is 39.3 Å². The molecule has 0 bridgehead atoms. The number of nitrogens with one attached hydrogen (secondary N) is 2. The van der Waals surface area contributed by atoms with Crippen molar-refractivity contribution in [2.24, 2.45) is 0 Å². The second-order valence-corrected chi connectivity index (χ2v) is 8.77. The van der Waals surface area contributed by atoms with E-state index < -0.39 is 21.8 Å². The summed E-state index contributed by atoms with van der Waals surface area (Å²) < 4.78 is 67.5. The van der Waals surface area contributed by atoms with Crippen LogP contribution in [0.2, 0.25) is 5.02 Å². The van der Waals surface area contributed by atoms with Crippen LogP contribution in [0, 0.1) is 0 Å². The predicted molar refractivity (Wildman–Crippen MR) is 103 cm³/mol. The van der Waals surface area contributed by atoms with Gasteiger partial charge in [0.15, 0.2) is 0 Å². The average molecular weight is 434 g/mol. The molecule has 1 heterocycles. The Morgan fingerprint density at radius 1 is 1.21 bits per heavy atom. The van der Waals surface area contributed by atoms with Crippen molar-refractivity contribution in [1.82, 2.24) is 10.0 Å². The second-order valence-electron chi connectivity index (χ2n) is 6.59. The number of rotatable bonds is 5. The van der Waals surface area contributed by atoms with E-state index in [0.717, 1.165) is 25.5 Å². The lowest BCUT2D eigenvalue weighted by atomic mass is 9.98. The van der Waals surface area contributed by atoms with Gasteiger partial charge in [0, 0.05) is 23.8 Å². The molecule has 28 heavy (non-hydrogen) atoms. The first-order valence-corrected chi connectivity index (χ1v) is 10.4. The summed E-state index contributed by atoms with van der Waals surface area (Å²) >= 11 is 6.01. The Kier molecular flexibility index (Phi) is 5.90. The van der Waals surface area contributed by atoms with Crippen molar-refractivity contribution in [3.05, 3.63) is 47.0 Å². The Bertz CT molecular complexity index is 957. The van der Waals surface area contributed by atoms with E-state index in [1.165, 1.54) is 30.3 Å². The van der Waals surface area contributed by atoms with E-state index in [9.17, 15) is 21.6 Å². The first-order chi connectivity index (χ1) is 13.1. The quantitative estimate of drug-likeness (QED) is 0.628. The molecule has 5 nitrogen and oxygen atoms in total. The third-order valence-corrected chi connectivity index (χ3v) is 6.29. The smallest absolute Gasteiger partial charge is 0.399 e. The third-order valence-electron chi connectivity index (χ3n) is 4.55. The number of sulfonamides is 1. The molecule has 0 radical (unpaired) electrons. The summed E-state index contributed by atoms with van der Waals surface area (Å²) in [5, 5.41) is 3.03. The van der Waals surface area contributed by atoms with Crippen molar-refractivity contribution in [1.29, 1.82) is 0 Å². The number of halogens is 4. The van der Waals surface area contributed by atoms with Crippen molar-refractivity contribution in [3.8, 4) is 11.1 Å². The van der Waals surface area contributed by atoms with E-state index in [0.29, 0.717) is 0 Å². The summed E-state index contributed by atoms with van der Waals surface area (Å²) in [6.07, 6.45) is -2.78. The lowest BCUT2D eigenvalue weighted by Crippen LogP contribution is -2.37. The minimum atomic E-state index is -4.66. The molecule has 0 aliphatic carbocycles. The van der Waals surface area contributed by atoms with Gasteiger partial charge in [0.25, 0.3) is 0 Å². The lowest BCUT2D eigenvalue weighted by molar-refractivity contribution is -0.137. The topological polar surface area (TPSA) is 84.2 Å². The highest BCUT2D eigenvalue weighted by atomic mass is 35.5. The summed E-state index contributed by atoms with van der Waals surface area (Å²) in [6.45, 7) is 1.11. The zero-order valence-corrected chi connectivity index (χ0v) is 16.3. The van der Waals surface area contributed by atoms with Crippen LogP contribution >= 0.6 is 11.6 Å². The van der Waals surface area contributed by atoms with Gasteiger partial charge in [-0.05, 0) is 49.2 Å². The molecule has 1 aliphatic rings. The number of nitrogen functional groups attached to an aromatic ring is 1. The van der Waals surface area contributed by atoms with Gasteiger partial charge >= 0.3 is 6.18 Å². The van der Waals surface area contributed by atoms with E-state index in [1.807, 2.05) is 0 Å². The van der Waals surface area contributed by atoms with Gasteiger partial charge in [-0.25, -0.2) is 13.1 Å². The summed E-state index contributed by atoms with van der Waals surface area (Å²) in [4.78, 5) is -0.0330. The van der Waals surface area contributed by atoms with Crippen LogP contribution in [0.3, 0.4) is 0 Å². The normalized spacial score (nSPS) is 17.8. The molecule has 0 saturated carbocycles. The van der Waals surface area contributed by atoms with Crippen molar-refractivity contribution < 1.29 is 21.6 Å². The summed E-state index contributed by atoms with van der Waals surface area (Å²) in [5.74, 6) is 0. The van der Waals surface area contributed by atoms with Crippen molar-refractivity contribution in [2.45, 2.75) is 30.0 Å². The largest absolute Gasteiger partial charge is 0.417 e. The Morgan fingerprint density at radius 2 is 1.89 bits per heavy atom. The molecule has 1 saturated heterocycles. The van der Waals surface area contributed by atoms with Crippen LogP contribution in [-0.2, 0) is 16.2 Å². The molecule has 0 aromatic heterocycles. The van der Waals surface area contributed by atoms with Gasteiger partial charge in [-0.3, -0.25) is 0 Å². The second kappa shape index (κ2) is 7.90. The van der Waals surface area contributed by atoms with Crippen molar-refractivity contribution in [3.63, 3.8) is 0 Å². The van der Waals surface area contributed by atoms with Gasteiger partial charge in [0.2, 0.25) is 10.0 Å². The highest BCUT2D eigenvalue weighted by molar-refractivity contribution is 7.89. The van der Waals surface area contributed by atoms with Crippen molar-refractivity contribution in [2.75, 3.05) is 18.8 Å². The fourth-order valence-corrected chi connectivity index (χ4v) is 4.59. The SMILES string of the molecule is Nc1cc(Cl)c(-c2ccc(S(=O)(=O)NCC3CCCN3)cc2)c(C(F)(F)F)c1. The Balaban J connectivity index is 1.89. The molecule has 10 heteroatoms. The number of nitrogens with two attached hydrogens (primary N) is 1. The van der Waals surface area contributed by atoms with E-state index in [4.69, 9.17) is 17.3 Å². The molecule has 1 unspecified atom stereocenters. The van der Waals surface area contributed by atoms with E-state index in [2.05, 4.69) is 10.0 Å². The first-order valence-electron chi connectivity index (χ1n) is 8.57. The number of anilines is 1. The van der Waals surface area contributed by atoms with Crippen LogP contribution in [0.1, 0.15) is 18.4 Å². The van der Waals surface area contributed by atoms with E-state index >= 15 is 0 Å².